The Labute approximate surface area is 163 Å². The monoisotopic (exact) mass is 400 g/mol. The maximum absolute atomic E-state index is 12.3. The molecule has 8 heteroatoms. The highest BCUT2D eigenvalue weighted by Gasteiger charge is 2.14. The molecule has 146 valence electrons. The normalized spacial score (nSPS) is 11.8. The highest BCUT2D eigenvalue weighted by Crippen LogP contribution is 2.13. The van der Waals surface area contributed by atoms with Crippen LogP contribution >= 0.6 is 0 Å². The fourth-order valence-electron chi connectivity index (χ4n) is 2.43. The first-order chi connectivity index (χ1) is 13.4. The van der Waals surface area contributed by atoms with Crippen LogP contribution in [0.15, 0.2) is 80.9 Å². The second-order valence-electron chi connectivity index (χ2n) is 6.08. The van der Waals surface area contributed by atoms with E-state index in [1.54, 1.807) is 55.8 Å². The van der Waals surface area contributed by atoms with Gasteiger partial charge >= 0.3 is 0 Å². The van der Waals surface area contributed by atoms with Crippen LogP contribution in [-0.4, -0.2) is 26.3 Å². The highest BCUT2D eigenvalue weighted by atomic mass is 32.2. The average Bonchev–Trinajstić information content (AvgIpc) is 3.39. The van der Waals surface area contributed by atoms with Crippen LogP contribution in [0.4, 0.5) is 0 Å². The van der Waals surface area contributed by atoms with Gasteiger partial charge in [-0.3, -0.25) is 4.79 Å². The van der Waals surface area contributed by atoms with Gasteiger partial charge in [0.1, 0.15) is 11.5 Å². The minimum atomic E-state index is -3.65. The topological polar surface area (TPSA) is 92.8 Å². The third-order valence-electron chi connectivity index (χ3n) is 3.97. The number of hydrogen-bond acceptors (Lipinski definition) is 5. The molecule has 7 nitrogen and oxygen atoms in total. The number of benzene rings is 1. The van der Waals surface area contributed by atoms with E-state index < -0.39 is 10.0 Å². The summed E-state index contributed by atoms with van der Waals surface area (Å²) in [7, 11) is -1.97. The Balaban J connectivity index is 1.58. The first-order valence-corrected chi connectivity index (χ1v) is 10.00. The van der Waals surface area contributed by atoms with E-state index in [4.69, 9.17) is 8.83 Å². The van der Waals surface area contributed by atoms with Crippen molar-refractivity contribution in [1.82, 2.24) is 9.62 Å². The maximum atomic E-state index is 12.3. The van der Waals surface area contributed by atoms with Gasteiger partial charge in [0, 0.05) is 13.1 Å². The Morgan fingerprint density at radius 2 is 1.68 bits per heavy atom. The smallest absolute Gasteiger partial charge is 0.246 e. The highest BCUT2D eigenvalue weighted by molar-refractivity contribution is 7.89. The van der Waals surface area contributed by atoms with Gasteiger partial charge in [-0.2, -0.15) is 0 Å². The van der Waals surface area contributed by atoms with E-state index in [0.717, 1.165) is 0 Å². The van der Waals surface area contributed by atoms with E-state index in [2.05, 4.69) is 4.72 Å². The molecule has 0 radical (unpaired) electrons. The summed E-state index contributed by atoms with van der Waals surface area (Å²) in [4.78, 5) is 13.8. The number of amides is 1. The summed E-state index contributed by atoms with van der Waals surface area (Å²) in [5.74, 6) is 1.04. The van der Waals surface area contributed by atoms with Crippen LogP contribution in [-0.2, 0) is 27.9 Å². The Morgan fingerprint density at radius 1 is 1.04 bits per heavy atom. The summed E-state index contributed by atoms with van der Waals surface area (Å²) in [6.07, 6.45) is 6.11. The van der Waals surface area contributed by atoms with Gasteiger partial charge in [0.05, 0.1) is 30.5 Å². The molecule has 0 atom stereocenters. The average molecular weight is 400 g/mol. The van der Waals surface area contributed by atoms with E-state index in [1.165, 1.54) is 29.4 Å². The summed E-state index contributed by atoms with van der Waals surface area (Å²) >= 11 is 0. The van der Waals surface area contributed by atoms with Crippen LogP contribution in [0, 0.1) is 0 Å². The summed E-state index contributed by atoms with van der Waals surface area (Å²) in [5.41, 5.74) is 0.713. The quantitative estimate of drug-likeness (QED) is 0.587. The van der Waals surface area contributed by atoms with Crippen LogP contribution < -0.4 is 4.72 Å². The number of rotatable bonds is 8. The molecule has 0 aliphatic heterocycles. The number of nitrogens with one attached hydrogen (secondary N) is 1. The molecular weight excluding hydrogens is 380 g/mol. The molecule has 3 rings (SSSR count). The molecule has 2 aromatic heterocycles. The van der Waals surface area contributed by atoms with Gasteiger partial charge in [0.2, 0.25) is 15.9 Å². The molecule has 0 saturated carbocycles. The zero-order valence-corrected chi connectivity index (χ0v) is 16.1. The molecule has 1 amide bonds. The second kappa shape index (κ2) is 8.73. The fourth-order valence-corrected chi connectivity index (χ4v) is 3.42. The summed E-state index contributed by atoms with van der Waals surface area (Å²) < 4.78 is 37.4. The molecule has 1 N–H and O–H groups in total. The lowest BCUT2D eigenvalue weighted by Gasteiger charge is -2.12. The number of likely N-dealkylation sites (N-methyl/N-ethyl adjacent to an activating group) is 1. The molecular formula is C20H20N2O5S. The molecule has 3 aromatic rings. The van der Waals surface area contributed by atoms with Crippen molar-refractivity contribution in [2.24, 2.45) is 0 Å². The minimum absolute atomic E-state index is 0.0769. The van der Waals surface area contributed by atoms with Crippen molar-refractivity contribution in [2.45, 2.75) is 18.0 Å². The van der Waals surface area contributed by atoms with Crippen molar-refractivity contribution < 1.29 is 22.0 Å². The van der Waals surface area contributed by atoms with Crippen molar-refractivity contribution in [2.75, 3.05) is 7.05 Å². The summed E-state index contributed by atoms with van der Waals surface area (Å²) in [6, 6.07) is 13.2. The van der Waals surface area contributed by atoms with E-state index >= 15 is 0 Å². The minimum Gasteiger partial charge on any atom is -0.468 e. The number of carbonyl (C=O) groups is 1. The van der Waals surface area contributed by atoms with Crippen LogP contribution in [0.1, 0.15) is 17.1 Å². The lowest BCUT2D eigenvalue weighted by Crippen LogP contribution is -2.23. The summed E-state index contributed by atoms with van der Waals surface area (Å²) in [5, 5.41) is 0. The van der Waals surface area contributed by atoms with Gasteiger partial charge in [0.25, 0.3) is 0 Å². The predicted octanol–water partition coefficient (Wildman–Crippen LogP) is 3.02. The van der Waals surface area contributed by atoms with Gasteiger partial charge < -0.3 is 13.7 Å². The second-order valence-corrected chi connectivity index (χ2v) is 7.85. The standard InChI is InChI=1S/C20H20N2O5S/c1-22(15-18-5-3-13-27-18)20(23)11-8-16-6-9-19(10-7-16)28(24,25)21-14-17-4-2-12-26-17/h2-13,21H,14-15H2,1H3/b11-8+. The lowest BCUT2D eigenvalue weighted by atomic mass is 10.2. The molecule has 0 fully saturated rings. The fraction of sp³-hybridized carbons (Fsp3) is 0.150. The van der Waals surface area contributed by atoms with Gasteiger partial charge in [0.15, 0.2) is 0 Å². The van der Waals surface area contributed by atoms with Crippen LogP contribution in [0.3, 0.4) is 0 Å². The number of hydrogen-bond donors (Lipinski definition) is 1. The van der Waals surface area contributed by atoms with E-state index in [0.29, 0.717) is 23.6 Å². The van der Waals surface area contributed by atoms with Gasteiger partial charge in [-0.1, -0.05) is 12.1 Å². The lowest BCUT2D eigenvalue weighted by molar-refractivity contribution is -0.125. The van der Waals surface area contributed by atoms with Gasteiger partial charge in [-0.15, -0.1) is 0 Å². The molecule has 2 heterocycles. The zero-order valence-electron chi connectivity index (χ0n) is 15.2. The van der Waals surface area contributed by atoms with E-state index in [9.17, 15) is 13.2 Å². The number of carbonyl (C=O) groups excluding carboxylic acids is 1. The van der Waals surface area contributed by atoms with Crippen molar-refractivity contribution in [3.05, 3.63) is 84.2 Å². The first-order valence-electron chi connectivity index (χ1n) is 8.52. The molecule has 28 heavy (non-hydrogen) atoms. The van der Waals surface area contributed by atoms with Crippen molar-refractivity contribution in [3.8, 4) is 0 Å². The SMILES string of the molecule is CN(Cc1ccco1)C(=O)/C=C/c1ccc(S(=O)(=O)NCc2ccco2)cc1. The molecule has 0 spiro atoms. The largest absolute Gasteiger partial charge is 0.468 e. The third-order valence-corrected chi connectivity index (χ3v) is 5.39. The van der Waals surface area contributed by atoms with Crippen molar-refractivity contribution in [3.63, 3.8) is 0 Å². The third kappa shape index (κ3) is 5.21. The number of furan rings is 2. The van der Waals surface area contributed by atoms with Crippen molar-refractivity contribution in [1.29, 1.82) is 0 Å². The van der Waals surface area contributed by atoms with E-state index in [1.807, 2.05) is 0 Å². The molecule has 0 aliphatic carbocycles. The first kappa shape index (κ1) is 19.7. The Kier molecular flexibility index (Phi) is 6.13. The Hall–Kier alpha value is -3.10. The van der Waals surface area contributed by atoms with Crippen LogP contribution in [0.5, 0.6) is 0 Å². The summed E-state index contributed by atoms with van der Waals surface area (Å²) in [6.45, 7) is 0.447. The van der Waals surface area contributed by atoms with Crippen LogP contribution in [0.25, 0.3) is 6.08 Å². The number of sulfonamides is 1. The van der Waals surface area contributed by atoms with Gasteiger partial charge in [-0.25, -0.2) is 13.1 Å². The molecule has 1 aromatic carbocycles. The molecule has 0 aliphatic rings. The molecule has 0 saturated heterocycles. The van der Waals surface area contributed by atoms with Gasteiger partial charge in [-0.05, 0) is 48.0 Å². The molecule has 0 bridgehead atoms. The Bertz CT molecular complexity index is 1020. The van der Waals surface area contributed by atoms with Crippen molar-refractivity contribution >= 4 is 22.0 Å². The molecule has 0 unspecified atom stereocenters. The predicted molar refractivity (Wildman–Crippen MR) is 103 cm³/mol. The van der Waals surface area contributed by atoms with Crippen LogP contribution in [0.2, 0.25) is 0 Å². The Morgan fingerprint density at radius 3 is 2.29 bits per heavy atom. The number of nitrogens with zero attached hydrogens (tertiary/aromatic N) is 1. The maximum Gasteiger partial charge on any atom is 0.246 e. The zero-order chi connectivity index (χ0) is 20.0. The van der Waals surface area contributed by atoms with E-state index in [-0.39, 0.29) is 17.3 Å².